The molecule has 8 heteroatoms. The fourth-order valence-electron chi connectivity index (χ4n) is 3.09. The molecule has 1 aromatic heterocycles. The lowest BCUT2D eigenvalue weighted by molar-refractivity contribution is 0.0491. The van der Waals surface area contributed by atoms with E-state index in [4.69, 9.17) is 14.9 Å². The first-order chi connectivity index (χ1) is 11.8. The first kappa shape index (κ1) is 17.9. The van der Waals surface area contributed by atoms with Crippen molar-refractivity contribution in [1.82, 2.24) is 4.31 Å². The number of esters is 1. The van der Waals surface area contributed by atoms with E-state index in [1.807, 2.05) is 0 Å². The largest absolute Gasteiger partial charge is 0.460 e. The Morgan fingerprint density at radius 2 is 2.20 bits per heavy atom. The van der Waals surface area contributed by atoms with Crippen molar-refractivity contribution >= 4 is 27.0 Å². The average molecular weight is 366 g/mol. The van der Waals surface area contributed by atoms with E-state index in [1.165, 1.54) is 10.4 Å². The second-order valence-electron chi connectivity index (χ2n) is 6.20. The molecule has 136 valence electrons. The van der Waals surface area contributed by atoms with Gasteiger partial charge in [0.2, 0.25) is 15.8 Å². The van der Waals surface area contributed by atoms with E-state index in [9.17, 15) is 13.2 Å². The standard InChI is InChI=1S/C17H22N2O5S/c1-3-23-17(20)16-11(2)14-9-13(6-7-15(14)24-16)25(21,22)19-8-4-5-12(18)10-19/h6-7,9,12H,3-5,8,10,18H2,1-2H3/t12-/m1/s1. The topological polar surface area (TPSA) is 103 Å². The van der Waals surface area contributed by atoms with Gasteiger partial charge in [-0.25, -0.2) is 13.2 Å². The summed E-state index contributed by atoms with van der Waals surface area (Å²) in [6.45, 7) is 4.45. The molecule has 0 bridgehead atoms. The van der Waals surface area contributed by atoms with Gasteiger partial charge in [0.1, 0.15) is 5.58 Å². The first-order valence-electron chi connectivity index (χ1n) is 8.30. The van der Waals surface area contributed by atoms with E-state index in [2.05, 4.69) is 0 Å². The Hall–Kier alpha value is -1.90. The lowest BCUT2D eigenvalue weighted by atomic mass is 10.1. The van der Waals surface area contributed by atoms with Crippen molar-refractivity contribution in [2.45, 2.75) is 37.6 Å². The number of hydrogen-bond donors (Lipinski definition) is 1. The number of carbonyl (C=O) groups excluding carboxylic acids is 1. The summed E-state index contributed by atoms with van der Waals surface area (Å²) in [4.78, 5) is 12.1. The first-order valence-corrected chi connectivity index (χ1v) is 9.74. The Morgan fingerprint density at radius 3 is 2.88 bits per heavy atom. The maximum atomic E-state index is 12.9. The molecule has 25 heavy (non-hydrogen) atoms. The molecule has 7 nitrogen and oxygen atoms in total. The molecule has 1 aliphatic rings. The van der Waals surface area contributed by atoms with E-state index in [-0.39, 0.29) is 23.3 Å². The summed E-state index contributed by atoms with van der Waals surface area (Å²) in [7, 11) is -3.63. The third-order valence-electron chi connectivity index (χ3n) is 4.43. The van der Waals surface area contributed by atoms with Crippen LogP contribution in [0.1, 0.15) is 35.9 Å². The van der Waals surface area contributed by atoms with Gasteiger partial charge in [-0.15, -0.1) is 0 Å². The van der Waals surface area contributed by atoms with E-state index in [0.29, 0.717) is 29.6 Å². The van der Waals surface area contributed by atoms with Gasteiger partial charge in [0.15, 0.2) is 0 Å². The minimum absolute atomic E-state index is 0.103. The van der Waals surface area contributed by atoms with Crippen LogP contribution < -0.4 is 5.73 Å². The van der Waals surface area contributed by atoms with Crippen LogP contribution in [-0.2, 0) is 14.8 Å². The molecule has 0 unspecified atom stereocenters. The number of nitrogens with two attached hydrogens (primary N) is 1. The summed E-state index contributed by atoms with van der Waals surface area (Å²) in [5, 5.41) is 0.588. The lowest BCUT2D eigenvalue weighted by Gasteiger charge is -2.29. The molecule has 1 saturated heterocycles. The number of ether oxygens (including phenoxy) is 1. The molecular formula is C17H22N2O5S. The van der Waals surface area contributed by atoms with Gasteiger partial charge in [-0.1, -0.05) is 0 Å². The van der Waals surface area contributed by atoms with Crippen LogP contribution in [-0.4, -0.2) is 44.4 Å². The molecule has 2 aromatic rings. The fourth-order valence-corrected chi connectivity index (χ4v) is 4.66. The molecular weight excluding hydrogens is 344 g/mol. The summed E-state index contributed by atoms with van der Waals surface area (Å²) in [6, 6.07) is 4.47. The number of carbonyl (C=O) groups is 1. The van der Waals surface area contributed by atoms with Gasteiger partial charge >= 0.3 is 5.97 Å². The van der Waals surface area contributed by atoms with Gasteiger partial charge < -0.3 is 14.9 Å². The highest BCUT2D eigenvalue weighted by molar-refractivity contribution is 7.89. The molecule has 2 N–H and O–H groups in total. The smallest absolute Gasteiger partial charge is 0.374 e. The molecule has 2 heterocycles. The minimum atomic E-state index is -3.63. The summed E-state index contributed by atoms with van der Waals surface area (Å²) < 4.78 is 37.7. The van der Waals surface area contributed by atoms with Crippen molar-refractivity contribution in [3.63, 3.8) is 0 Å². The lowest BCUT2D eigenvalue weighted by Crippen LogP contribution is -2.45. The van der Waals surface area contributed by atoms with Crippen molar-refractivity contribution in [1.29, 1.82) is 0 Å². The van der Waals surface area contributed by atoms with Crippen LogP contribution in [0.4, 0.5) is 0 Å². The van der Waals surface area contributed by atoms with Crippen molar-refractivity contribution in [2.75, 3.05) is 19.7 Å². The van der Waals surface area contributed by atoms with Gasteiger partial charge in [0.05, 0.1) is 11.5 Å². The minimum Gasteiger partial charge on any atom is -0.460 e. The Labute approximate surface area is 146 Å². The highest BCUT2D eigenvalue weighted by Gasteiger charge is 2.30. The molecule has 0 saturated carbocycles. The number of furan rings is 1. The Balaban J connectivity index is 2.00. The zero-order valence-corrected chi connectivity index (χ0v) is 15.1. The van der Waals surface area contributed by atoms with Crippen LogP contribution >= 0.6 is 0 Å². The monoisotopic (exact) mass is 366 g/mol. The van der Waals surface area contributed by atoms with E-state index in [1.54, 1.807) is 26.0 Å². The number of benzene rings is 1. The van der Waals surface area contributed by atoms with Gasteiger partial charge in [-0.2, -0.15) is 4.31 Å². The van der Waals surface area contributed by atoms with Crippen molar-refractivity contribution in [3.05, 3.63) is 29.5 Å². The Kier molecular flexibility index (Phi) is 4.86. The van der Waals surface area contributed by atoms with Gasteiger partial charge in [0.25, 0.3) is 0 Å². The number of nitrogens with zero attached hydrogens (tertiary/aromatic N) is 1. The predicted octanol–water partition coefficient (Wildman–Crippen LogP) is 2.03. The number of hydrogen-bond acceptors (Lipinski definition) is 6. The maximum absolute atomic E-state index is 12.9. The van der Waals surface area contributed by atoms with Gasteiger partial charge in [-0.05, 0) is 44.9 Å². The van der Waals surface area contributed by atoms with Crippen molar-refractivity contribution in [3.8, 4) is 0 Å². The summed E-state index contributed by atoms with van der Waals surface area (Å²) >= 11 is 0. The SMILES string of the molecule is CCOC(=O)c1oc2ccc(S(=O)(=O)N3CCC[C@@H](N)C3)cc2c1C. The predicted molar refractivity (Wildman–Crippen MR) is 92.9 cm³/mol. The molecule has 0 aliphatic carbocycles. The van der Waals surface area contributed by atoms with Crippen LogP contribution in [0, 0.1) is 6.92 Å². The molecule has 0 radical (unpaired) electrons. The number of aryl methyl sites for hydroxylation is 1. The van der Waals surface area contributed by atoms with Crippen LogP contribution in [0.15, 0.2) is 27.5 Å². The van der Waals surface area contributed by atoms with Crippen LogP contribution in [0.5, 0.6) is 0 Å². The maximum Gasteiger partial charge on any atom is 0.374 e. The number of rotatable bonds is 4. The highest BCUT2D eigenvalue weighted by Crippen LogP contribution is 2.30. The molecule has 0 amide bonds. The van der Waals surface area contributed by atoms with Gasteiger partial charge in [0, 0.05) is 30.1 Å². The molecule has 1 aliphatic heterocycles. The number of fused-ring (bicyclic) bond motifs is 1. The van der Waals surface area contributed by atoms with Crippen molar-refractivity contribution in [2.24, 2.45) is 5.73 Å². The van der Waals surface area contributed by atoms with Crippen LogP contribution in [0.3, 0.4) is 0 Å². The molecule has 3 rings (SSSR count). The van der Waals surface area contributed by atoms with E-state index >= 15 is 0 Å². The summed E-state index contributed by atoms with van der Waals surface area (Å²) in [6.07, 6.45) is 1.58. The third-order valence-corrected chi connectivity index (χ3v) is 6.29. The molecule has 1 atom stereocenters. The zero-order chi connectivity index (χ0) is 18.2. The second-order valence-corrected chi connectivity index (χ2v) is 8.14. The van der Waals surface area contributed by atoms with Crippen molar-refractivity contribution < 1.29 is 22.4 Å². The molecule has 0 spiro atoms. The zero-order valence-electron chi connectivity index (χ0n) is 14.3. The summed E-state index contributed by atoms with van der Waals surface area (Å²) in [5.41, 5.74) is 6.93. The van der Waals surface area contributed by atoms with E-state index in [0.717, 1.165) is 12.8 Å². The van der Waals surface area contributed by atoms with Crippen LogP contribution in [0.25, 0.3) is 11.0 Å². The third kappa shape index (κ3) is 3.29. The summed E-state index contributed by atoms with van der Waals surface area (Å²) in [5.74, 6) is -0.450. The van der Waals surface area contributed by atoms with Crippen LogP contribution in [0.2, 0.25) is 0 Å². The Bertz CT molecular complexity index is 903. The second kappa shape index (κ2) is 6.78. The molecule has 1 aromatic carbocycles. The normalized spacial score (nSPS) is 19.2. The Morgan fingerprint density at radius 1 is 1.44 bits per heavy atom. The molecule has 1 fully saturated rings. The fraction of sp³-hybridized carbons (Fsp3) is 0.471. The average Bonchev–Trinajstić information content (AvgIpc) is 2.91. The van der Waals surface area contributed by atoms with Gasteiger partial charge in [-0.3, -0.25) is 0 Å². The number of piperidine rings is 1. The number of sulfonamides is 1. The van der Waals surface area contributed by atoms with E-state index < -0.39 is 16.0 Å². The quantitative estimate of drug-likeness (QED) is 0.831. The highest BCUT2D eigenvalue weighted by atomic mass is 32.2.